The summed E-state index contributed by atoms with van der Waals surface area (Å²) < 4.78 is 0. The SMILES string of the molecule is O=C(CCCN1CCC(CN(O)C2CC2c2ccccc2)CC1)NC(=O)c1ccc2c(c1)CNC2. The number of carbonyl (C=O) groups excluding carboxylic acids is 2. The van der Waals surface area contributed by atoms with Gasteiger partial charge in [0, 0.05) is 43.6 Å². The monoisotopic (exact) mass is 476 g/mol. The van der Waals surface area contributed by atoms with Crippen LogP contribution in [-0.2, 0) is 17.9 Å². The van der Waals surface area contributed by atoms with Crippen LogP contribution in [0.1, 0.15) is 65.1 Å². The first-order valence-electron chi connectivity index (χ1n) is 13.0. The van der Waals surface area contributed by atoms with Crippen LogP contribution in [0.25, 0.3) is 0 Å². The summed E-state index contributed by atoms with van der Waals surface area (Å²) in [6.45, 7) is 5.20. The Morgan fingerprint density at radius 2 is 1.83 bits per heavy atom. The van der Waals surface area contributed by atoms with Crippen LogP contribution < -0.4 is 10.6 Å². The van der Waals surface area contributed by atoms with Crippen molar-refractivity contribution in [2.75, 3.05) is 26.2 Å². The van der Waals surface area contributed by atoms with Crippen molar-refractivity contribution >= 4 is 11.8 Å². The number of benzene rings is 2. The maximum absolute atomic E-state index is 12.4. The Bertz CT molecular complexity index is 1040. The van der Waals surface area contributed by atoms with Gasteiger partial charge in [-0.05, 0) is 80.1 Å². The van der Waals surface area contributed by atoms with Crippen molar-refractivity contribution in [1.29, 1.82) is 0 Å². The number of hydrogen-bond donors (Lipinski definition) is 3. The molecule has 2 aliphatic heterocycles. The lowest BCUT2D eigenvalue weighted by Gasteiger charge is -2.33. The highest BCUT2D eigenvalue weighted by molar-refractivity contribution is 6.04. The van der Waals surface area contributed by atoms with E-state index in [0.717, 1.165) is 70.5 Å². The number of nitrogens with one attached hydrogen (secondary N) is 2. The standard InChI is InChI=1S/C28H36N4O3/c33-27(30-28(34)22-8-9-23-17-29-18-24(23)15-22)7-4-12-31-13-10-20(11-14-31)19-32(35)26-16-25(26)21-5-2-1-3-6-21/h1-3,5-6,8-9,15,20,25-26,29,35H,4,7,10-14,16-19H2,(H,30,33,34). The van der Waals surface area contributed by atoms with Crippen LogP contribution in [0.2, 0.25) is 0 Å². The van der Waals surface area contributed by atoms with Crippen LogP contribution >= 0.6 is 0 Å². The summed E-state index contributed by atoms with van der Waals surface area (Å²) in [6, 6.07) is 16.3. The second-order valence-corrected chi connectivity index (χ2v) is 10.3. The van der Waals surface area contributed by atoms with Crippen molar-refractivity contribution in [2.45, 2.75) is 57.2 Å². The van der Waals surface area contributed by atoms with Gasteiger partial charge in [0.2, 0.25) is 5.91 Å². The fourth-order valence-corrected chi connectivity index (χ4v) is 5.52. The summed E-state index contributed by atoms with van der Waals surface area (Å²) in [6.07, 6.45) is 4.26. The average Bonchev–Trinajstić information content (AvgIpc) is 3.55. The predicted octanol–water partition coefficient (Wildman–Crippen LogP) is 3.29. The highest BCUT2D eigenvalue weighted by Gasteiger charge is 2.43. The van der Waals surface area contributed by atoms with Crippen LogP contribution in [0, 0.1) is 5.92 Å². The van der Waals surface area contributed by atoms with Crippen LogP contribution in [0.15, 0.2) is 48.5 Å². The average molecular weight is 477 g/mol. The van der Waals surface area contributed by atoms with E-state index in [9.17, 15) is 14.8 Å². The third-order valence-corrected chi connectivity index (χ3v) is 7.75. The Morgan fingerprint density at radius 3 is 2.63 bits per heavy atom. The molecule has 7 nitrogen and oxygen atoms in total. The number of amides is 2. The highest BCUT2D eigenvalue weighted by Crippen LogP contribution is 2.44. The van der Waals surface area contributed by atoms with Crippen molar-refractivity contribution < 1.29 is 14.8 Å². The molecule has 0 radical (unpaired) electrons. The number of hydrogen-bond acceptors (Lipinski definition) is 6. The highest BCUT2D eigenvalue weighted by atomic mass is 16.5. The van der Waals surface area contributed by atoms with Gasteiger partial charge in [0.25, 0.3) is 5.91 Å². The van der Waals surface area contributed by atoms with Crippen LogP contribution in [-0.4, -0.2) is 59.2 Å². The van der Waals surface area contributed by atoms with E-state index in [-0.39, 0.29) is 17.9 Å². The third kappa shape index (κ3) is 6.16. The topological polar surface area (TPSA) is 84.9 Å². The molecule has 7 heteroatoms. The molecule has 2 aromatic rings. The van der Waals surface area contributed by atoms with Gasteiger partial charge in [0.15, 0.2) is 0 Å². The van der Waals surface area contributed by atoms with Crippen molar-refractivity contribution in [3.63, 3.8) is 0 Å². The summed E-state index contributed by atoms with van der Waals surface area (Å²) in [5, 5.41) is 18.0. The molecule has 2 aromatic carbocycles. The normalized spacial score (nSPS) is 22.2. The number of piperidine rings is 1. The molecule has 0 bridgehead atoms. The molecule has 35 heavy (non-hydrogen) atoms. The Labute approximate surface area is 207 Å². The van der Waals surface area contributed by atoms with Gasteiger partial charge in [-0.3, -0.25) is 14.9 Å². The molecule has 1 aliphatic carbocycles. The molecule has 0 spiro atoms. The van der Waals surface area contributed by atoms with Crippen LogP contribution in [0.3, 0.4) is 0 Å². The van der Waals surface area contributed by atoms with E-state index in [2.05, 4.69) is 39.8 Å². The largest absolute Gasteiger partial charge is 0.314 e. The van der Waals surface area contributed by atoms with Gasteiger partial charge >= 0.3 is 0 Å². The molecular formula is C28H36N4O3. The van der Waals surface area contributed by atoms with E-state index in [4.69, 9.17) is 0 Å². The zero-order chi connectivity index (χ0) is 24.2. The summed E-state index contributed by atoms with van der Waals surface area (Å²) in [5.41, 5.74) is 4.21. The number of hydroxylamine groups is 2. The molecule has 3 N–H and O–H groups in total. The Balaban J connectivity index is 0.966. The molecule has 2 heterocycles. The molecule has 2 unspecified atom stereocenters. The third-order valence-electron chi connectivity index (χ3n) is 7.75. The molecule has 0 aromatic heterocycles. The lowest BCUT2D eigenvalue weighted by Crippen LogP contribution is -2.39. The molecule has 1 saturated heterocycles. The first-order chi connectivity index (χ1) is 17.1. The molecule has 2 atom stereocenters. The molecule has 2 fully saturated rings. The van der Waals surface area contributed by atoms with E-state index in [1.165, 1.54) is 11.1 Å². The van der Waals surface area contributed by atoms with Crippen molar-refractivity contribution in [3.05, 3.63) is 70.8 Å². The minimum atomic E-state index is -0.316. The van der Waals surface area contributed by atoms with Crippen molar-refractivity contribution in [3.8, 4) is 0 Å². The van der Waals surface area contributed by atoms with Crippen LogP contribution in [0.5, 0.6) is 0 Å². The number of imide groups is 1. The molecule has 5 rings (SSSR count). The fraction of sp³-hybridized carbons (Fsp3) is 0.500. The smallest absolute Gasteiger partial charge is 0.257 e. The molecule has 186 valence electrons. The molecule has 1 saturated carbocycles. The molecule has 2 amide bonds. The zero-order valence-electron chi connectivity index (χ0n) is 20.3. The van der Waals surface area contributed by atoms with Gasteiger partial charge in [-0.1, -0.05) is 36.4 Å². The second kappa shape index (κ2) is 11.0. The number of nitrogens with zero attached hydrogens (tertiary/aromatic N) is 2. The van der Waals surface area contributed by atoms with Crippen molar-refractivity contribution in [1.82, 2.24) is 20.6 Å². The van der Waals surface area contributed by atoms with E-state index >= 15 is 0 Å². The van der Waals surface area contributed by atoms with Gasteiger partial charge in [0.1, 0.15) is 0 Å². The Morgan fingerprint density at radius 1 is 1.06 bits per heavy atom. The summed E-state index contributed by atoms with van der Waals surface area (Å²) >= 11 is 0. The van der Waals surface area contributed by atoms with E-state index in [1.54, 1.807) is 11.1 Å². The lowest BCUT2D eigenvalue weighted by molar-refractivity contribution is -0.120. The minimum Gasteiger partial charge on any atom is -0.314 e. The second-order valence-electron chi connectivity index (χ2n) is 10.3. The number of fused-ring (bicyclic) bond motifs is 1. The quantitative estimate of drug-likeness (QED) is 0.482. The van der Waals surface area contributed by atoms with E-state index in [1.807, 2.05) is 18.2 Å². The number of likely N-dealkylation sites (tertiary alicyclic amines) is 1. The number of carbonyl (C=O) groups is 2. The van der Waals surface area contributed by atoms with Gasteiger partial charge in [0.05, 0.1) is 0 Å². The molecule has 3 aliphatic rings. The first-order valence-corrected chi connectivity index (χ1v) is 13.0. The van der Waals surface area contributed by atoms with Crippen LogP contribution in [0.4, 0.5) is 0 Å². The Kier molecular flexibility index (Phi) is 7.58. The summed E-state index contributed by atoms with van der Waals surface area (Å²) in [7, 11) is 0. The maximum Gasteiger partial charge on any atom is 0.257 e. The summed E-state index contributed by atoms with van der Waals surface area (Å²) in [5.74, 6) is 0.441. The predicted molar refractivity (Wildman–Crippen MR) is 134 cm³/mol. The van der Waals surface area contributed by atoms with Gasteiger partial charge in [-0.25, -0.2) is 0 Å². The van der Waals surface area contributed by atoms with Gasteiger partial charge in [-0.2, -0.15) is 5.06 Å². The maximum atomic E-state index is 12.4. The number of rotatable bonds is 9. The Hall–Kier alpha value is -2.58. The van der Waals surface area contributed by atoms with E-state index < -0.39 is 0 Å². The lowest BCUT2D eigenvalue weighted by atomic mass is 9.96. The summed E-state index contributed by atoms with van der Waals surface area (Å²) in [4.78, 5) is 27.1. The van der Waals surface area contributed by atoms with Gasteiger partial charge in [-0.15, -0.1) is 0 Å². The molecular weight excluding hydrogens is 440 g/mol. The van der Waals surface area contributed by atoms with Crippen molar-refractivity contribution in [2.24, 2.45) is 5.92 Å². The first kappa shape index (κ1) is 24.1. The zero-order valence-corrected chi connectivity index (χ0v) is 20.3. The minimum absolute atomic E-state index is 0.211. The fourth-order valence-electron chi connectivity index (χ4n) is 5.52. The van der Waals surface area contributed by atoms with Gasteiger partial charge < -0.3 is 15.4 Å². The van der Waals surface area contributed by atoms with E-state index in [0.29, 0.717) is 23.8 Å².